The number of rotatable bonds is 4. The van der Waals surface area contributed by atoms with Gasteiger partial charge in [0, 0.05) is 0 Å². The highest BCUT2D eigenvalue weighted by Crippen LogP contribution is 2.46. The quantitative estimate of drug-likeness (QED) is 0.593. The molecule has 0 radical (unpaired) electrons. The smallest absolute Gasteiger partial charge is 0.00850 e. The second-order valence-corrected chi connectivity index (χ2v) is 6.85. The topological polar surface area (TPSA) is 0 Å². The predicted molar refractivity (Wildman–Crippen MR) is 78.0 cm³/mol. The minimum atomic E-state index is 0.364. The van der Waals surface area contributed by atoms with E-state index in [1.54, 1.807) is 5.57 Å². The highest BCUT2D eigenvalue weighted by molar-refractivity contribution is 5.32. The lowest BCUT2D eigenvalue weighted by Crippen LogP contribution is -2.31. The zero-order valence-corrected chi connectivity index (χ0v) is 12.8. The first-order chi connectivity index (χ1) is 7.77. The summed E-state index contributed by atoms with van der Waals surface area (Å²) < 4.78 is 0. The monoisotopic (exact) mass is 234 g/mol. The summed E-state index contributed by atoms with van der Waals surface area (Å²) in [5, 5.41) is 0. The van der Waals surface area contributed by atoms with Gasteiger partial charge in [-0.25, -0.2) is 0 Å². The third kappa shape index (κ3) is 3.24. The maximum Gasteiger partial charge on any atom is -0.00850 e. The molecule has 17 heavy (non-hydrogen) atoms. The summed E-state index contributed by atoms with van der Waals surface area (Å²) in [5.74, 6) is 2.19. The largest absolute Gasteiger partial charge is 0.0810 e. The fourth-order valence-electron chi connectivity index (χ4n) is 3.20. The van der Waals surface area contributed by atoms with Crippen molar-refractivity contribution in [2.45, 2.75) is 61.3 Å². The highest BCUT2D eigenvalue weighted by Gasteiger charge is 2.36. The maximum absolute atomic E-state index is 2.47. The zero-order valence-electron chi connectivity index (χ0n) is 12.8. The summed E-state index contributed by atoms with van der Waals surface area (Å²) in [6, 6.07) is 0. The molecule has 0 heterocycles. The molecule has 0 aromatic rings. The van der Waals surface area contributed by atoms with Crippen LogP contribution in [0.3, 0.4) is 0 Å². The standard InChI is InChI=1S/C17H30/c1-12(2)11-17(7,13(3)4)16-10-14(5)8-9-15(16)6/h8,10,12-13,15H,9,11H2,1-7H3. The zero-order chi connectivity index (χ0) is 13.2. The van der Waals surface area contributed by atoms with Gasteiger partial charge in [0.1, 0.15) is 0 Å². The van der Waals surface area contributed by atoms with Gasteiger partial charge in [-0.15, -0.1) is 0 Å². The van der Waals surface area contributed by atoms with Crippen LogP contribution in [0, 0.1) is 23.2 Å². The minimum absolute atomic E-state index is 0.364. The minimum Gasteiger partial charge on any atom is -0.0810 e. The van der Waals surface area contributed by atoms with Crippen molar-refractivity contribution in [3.8, 4) is 0 Å². The van der Waals surface area contributed by atoms with E-state index in [9.17, 15) is 0 Å². The van der Waals surface area contributed by atoms with Gasteiger partial charge in [-0.3, -0.25) is 0 Å². The molecule has 0 spiro atoms. The molecule has 0 N–H and O–H groups in total. The maximum atomic E-state index is 2.47. The lowest BCUT2D eigenvalue weighted by atomic mass is 9.63. The third-order valence-corrected chi connectivity index (χ3v) is 4.47. The Kier molecular flexibility index (Phi) is 4.63. The molecule has 2 unspecified atom stereocenters. The van der Waals surface area contributed by atoms with Crippen LogP contribution < -0.4 is 0 Å². The molecule has 0 nitrogen and oxygen atoms in total. The number of hydrogen-bond acceptors (Lipinski definition) is 0. The van der Waals surface area contributed by atoms with Gasteiger partial charge >= 0.3 is 0 Å². The molecule has 1 aliphatic carbocycles. The Morgan fingerprint density at radius 1 is 1.29 bits per heavy atom. The van der Waals surface area contributed by atoms with Crippen LogP contribution >= 0.6 is 0 Å². The van der Waals surface area contributed by atoms with E-state index < -0.39 is 0 Å². The van der Waals surface area contributed by atoms with E-state index in [0.717, 1.165) is 5.92 Å². The molecule has 0 saturated heterocycles. The third-order valence-electron chi connectivity index (χ3n) is 4.47. The highest BCUT2D eigenvalue weighted by atomic mass is 14.4. The van der Waals surface area contributed by atoms with Gasteiger partial charge in [0.2, 0.25) is 0 Å². The Bertz CT molecular complexity index is 317. The average molecular weight is 234 g/mol. The Hall–Kier alpha value is -0.520. The van der Waals surface area contributed by atoms with Crippen molar-refractivity contribution >= 4 is 0 Å². The second-order valence-electron chi connectivity index (χ2n) is 6.85. The van der Waals surface area contributed by atoms with Gasteiger partial charge in [-0.2, -0.15) is 0 Å². The summed E-state index contributed by atoms with van der Waals surface area (Å²) in [6.07, 6.45) is 7.35. The van der Waals surface area contributed by atoms with Crippen molar-refractivity contribution < 1.29 is 0 Å². The van der Waals surface area contributed by atoms with Crippen LogP contribution in [-0.4, -0.2) is 0 Å². The van der Waals surface area contributed by atoms with Gasteiger partial charge in [0.05, 0.1) is 0 Å². The van der Waals surface area contributed by atoms with Crippen molar-refractivity contribution in [3.05, 3.63) is 23.3 Å². The first kappa shape index (κ1) is 14.5. The van der Waals surface area contributed by atoms with Crippen LogP contribution in [0.15, 0.2) is 23.3 Å². The van der Waals surface area contributed by atoms with Gasteiger partial charge in [0.25, 0.3) is 0 Å². The molecule has 0 amide bonds. The number of hydrogen-bond donors (Lipinski definition) is 0. The summed E-state index contributed by atoms with van der Waals surface area (Å²) in [5.41, 5.74) is 3.50. The van der Waals surface area contributed by atoms with Crippen LogP contribution in [0.2, 0.25) is 0 Å². The fourth-order valence-corrected chi connectivity index (χ4v) is 3.20. The molecule has 0 bridgehead atoms. The van der Waals surface area contributed by atoms with E-state index in [2.05, 4.69) is 60.6 Å². The van der Waals surface area contributed by atoms with Crippen LogP contribution in [0.4, 0.5) is 0 Å². The van der Waals surface area contributed by atoms with E-state index >= 15 is 0 Å². The Morgan fingerprint density at radius 3 is 2.35 bits per heavy atom. The van der Waals surface area contributed by atoms with Crippen LogP contribution in [-0.2, 0) is 0 Å². The van der Waals surface area contributed by atoms with E-state index in [0.29, 0.717) is 17.3 Å². The van der Waals surface area contributed by atoms with Crippen molar-refractivity contribution in [1.29, 1.82) is 0 Å². The van der Waals surface area contributed by atoms with Gasteiger partial charge in [0.15, 0.2) is 0 Å². The SMILES string of the molecule is CC1=CCC(C)C(C(C)(CC(C)C)C(C)C)=C1. The first-order valence-electron chi connectivity index (χ1n) is 7.16. The molecular weight excluding hydrogens is 204 g/mol. The molecule has 1 rings (SSSR count). The van der Waals surface area contributed by atoms with Crippen molar-refractivity contribution in [3.63, 3.8) is 0 Å². The average Bonchev–Trinajstić information content (AvgIpc) is 2.20. The van der Waals surface area contributed by atoms with E-state index in [4.69, 9.17) is 0 Å². The van der Waals surface area contributed by atoms with Crippen LogP contribution in [0.25, 0.3) is 0 Å². The lowest BCUT2D eigenvalue weighted by molar-refractivity contribution is 0.203. The van der Waals surface area contributed by atoms with Gasteiger partial charge in [-0.05, 0) is 42.9 Å². The molecule has 0 aromatic carbocycles. The number of allylic oxidation sites excluding steroid dienone is 4. The Morgan fingerprint density at radius 2 is 1.88 bits per heavy atom. The van der Waals surface area contributed by atoms with Gasteiger partial charge in [-0.1, -0.05) is 64.8 Å². The van der Waals surface area contributed by atoms with Crippen molar-refractivity contribution in [2.24, 2.45) is 23.2 Å². The Balaban J connectivity index is 3.09. The van der Waals surface area contributed by atoms with E-state index in [1.807, 2.05) is 0 Å². The van der Waals surface area contributed by atoms with Crippen molar-refractivity contribution in [1.82, 2.24) is 0 Å². The molecule has 0 aromatic heterocycles. The first-order valence-corrected chi connectivity index (χ1v) is 7.16. The molecule has 1 aliphatic rings. The molecule has 0 fully saturated rings. The molecule has 0 heteroatoms. The molecular formula is C17H30. The lowest BCUT2D eigenvalue weighted by Gasteiger charge is -2.42. The normalized spacial score (nSPS) is 24.6. The van der Waals surface area contributed by atoms with Gasteiger partial charge < -0.3 is 0 Å². The van der Waals surface area contributed by atoms with Crippen molar-refractivity contribution in [2.75, 3.05) is 0 Å². The summed E-state index contributed by atoms with van der Waals surface area (Å²) in [6.45, 7) is 16.5. The van der Waals surface area contributed by atoms with Crippen LogP contribution in [0.1, 0.15) is 61.3 Å². The summed E-state index contributed by atoms with van der Waals surface area (Å²) in [4.78, 5) is 0. The van der Waals surface area contributed by atoms with Crippen LogP contribution in [0.5, 0.6) is 0 Å². The molecule has 0 saturated carbocycles. The fraction of sp³-hybridized carbons (Fsp3) is 0.765. The summed E-state index contributed by atoms with van der Waals surface area (Å²) in [7, 11) is 0. The van der Waals surface area contributed by atoms with E-state index in [1.165, 1.54) is 18.4 Å². The summed E-state index contributed by atoms with van der Waals surface area (Å²) >= 11 is 0. The second kappa shape index (κ2) is 5.42. The Labute approximate surface area is 108 Å². The predicted octanol–water partition coefficient (Wildman–Crippen LogP) is 5.61. The molecule has 98 valence electrons. The molecule has 0 aliphatic heterocycles. The van der Waals surface area contributed by atoms with E-state index in [-0.39, 0.29) is 0 Å². The molecule has 2 atom stereocenters.